The Labute approximate surface area is 118 Å². The lowest BCUT2D eigenvalue weighted by Gasteiger charge is -2.07. The highest BCUT2D eigenvalue weighted by Crippen LogP contribution is 2.22. The number of carbonyl (C=O) groups is 1. The van der Waals surface area contributed by atoms with Gasteiger partial charge in [-0.25, -0.2) is 0 Å². The standard InChI is InChI=1S/C14H11N3O2S/c1-8-12(20-14(19)16-8)13(18)17-10-6-2-4-9-5-3-7-15-11(9)10/h2-7H,1H3,(H,16,19)(H,17,18). The van der Waals surface area contributed by atoms with Crippen LogP contribution in [0, 0.1) is 6.92 Å². The third kappa shape index (κ3) is 2.21. The van der Waals surface area contributed by atoms with Crippen molar-refractivity contribution in [2.75, 3.05) is 5.32 Å². The summed E-state index contributed by atoms with van der Waals surface area (Å²) in [6, 6.07) is 9.34. The number of anilines is 1. The molecule has 5 nitrogen and oxygen atoms in total. The Hall–Kier alpha value is -2.47. The number of thiazole rings is 1. The van der Waals surface area contributed by atoms with Crippen LogP contribution in [-0.2, 0) is 0 Å². The quantitative estimate of drug-likeness (QED) is 0.759. The first-order chi connectivity index (χ1) is 9.65. The molecule has 0 aliphatic carbocycles. The van der Waals surface area contributed by atoms with Gasteiger partial charge in [0.2, 0.25) is 0 Å². The zero-order valence-corrected chi connectivity index (χ0v) is 11.5. The largest absolute Gasteiger partial charge is 0.319 e. The minimum absolute atomic E-state index is 0.233. The number of aryl methyl sites for hydroxylation is 1. The molecule has 0 atom stereocenters. The Balaban J connectivity index is 1.99. The van der Waals surface area contributed by atoms with Gasteiger partial charge in [-0.15, -0.1) is 0 Å². The Morgan fingerprint density at radius 1 is 1.30 bits per heavy atom. The maximum atomic E-state index is 12.2. The molecule has 0 saturated carbocycles. The summed E-state index contributed by atoms with van der Waals surface area (Å²) in [4.78, 5) is 30.5. The maximum Gasteiger partial charge on any atom is 0.305 e. The first kappa shape index (κ1) is 12.6. The van der Waals surface area contributed by atoms with E-state index in [1.807, 2.05) is 24.3 Å². The molecular weight excluding hydrogens is 274 g/mol. The number of hydrogen-bond donors (Lipinski definition) is 2. The number of fused-ring (bicyclic) bond motifs is 1. The summed E-state index contributed by atoms with van der Waals surface area (Å²) in [5, 5.41) is 3.75. The molecule has 0 radical (unpaired) electrons. The molecule has 2 heterocycles. The highest BCUT2D eigenvalue weighted by molar-refractivity contribution is 7.11. The van der Waals surface area contributed by atoms with Crippen molar-refractivity contribution in [2.24, 2.45) is 0 Å². The fourth-order valence-corrected chi connectivity index (χ4v) is 2.74. The summed E-state index contributed by atoms with van der Waals surface area (Å²) in [6.07, 6.45) is 1.68. The Morgan fingerprint density at radius 2 is 2.10 bits per heavy atom. The van der Waals surface area contributed by atoms with Crippen molar-refractivity contribution in [1.29, 1.82) is 0 Å². The molecular formula is C14H11N3O2S. The summed E-state index contributed by atoms with van der Waals surface area (Å²) in [7, 11) is 0. The van der Waals surface area contributed by atoms with Crippen LogP contribution < -0.4 is 10.2 Å². The van der Waals surface area contributed by atoms with Gasteiger partial charge in [0, 0.05) is 17.3 Å². The van der Waals surface area contributed by atoms with Crippen LogP contribution in [0.1, 0.15) is 15.4 Å². The van der Waals surface area contributed by atoms with Crippen molar-refractivity contribution < 1.29 is 4.79 Å². The summed E-state index contributed by atoms with van der Waals surface area (Å²) in [5.41, 5.74) is 1.93. The average Bonchev–Trinajstić information content (AvgIpc) is 2.78. The van der Waals surface area contributed by atoms with Gasteiger partial charge in [0.15, 0.2) is 0 Å². The van der Waals surface area contributed by atoms with Crippen molar-refractivity contribution >= 4 is 33.8 Å². The van der Waals surface area contributed by atoms with Crippen molar-refractivity contribution in [2.45, 2.75) is 6.92 Å². The van der Waals surface area contributed by atoms with Gasteiger partial charge in [-0.1, -0.05) is 29.5 Å². The number of benzene rings is 1. The molecule has 0 unspecified atom stereocenters. The Morgan fingerprint density at radius 3 is 2.85 bits per heavy atom. The number of pyridine rings is 1. The molecule has 20 heavy (non-hydrogen) atoms. The van der Waals surface area contributed by atoms with E-state index in [2.05, 4.69) is 15.3 Å². The lowest BCUT2D eigenvalue weighted by atomic mass is 10.2. The smallest absolute Gasteiger partial charge is 0.305 e. The van der Waals surface area contributed by atoms with E-state index in [1.165, 1.54) is 0 Å². The monoisotopic (exact) mass is 285 g/mol. The van der Waals surface area contributed by atoms with Crippen molar-refractivity contribution in [1.82, 2.24) is 9.97 Å². The fraction of sp³-hybridized carbons (Fsp3) is 0.0714. The second-order valence-electron chi connectivity index (χ2n) is 4.30. The molecule has 0 saturated heterocycles. The summed E-state index contributed by atoms with van der Waals surface area (Å²) in [5.74, 6) is -0.302. The lowest BCUT2D eigenvalue weighted by Crippen LogP contribution is -2.12. The van der Waals surface area contributed by atoms with Crippen LogP contribution in [0.25, 0.3) is 10.9 Å². The van der Waals surface area contributed by atoms with Crippen molar-refractivity contribution in [3.8, 4) is 0 Å². The summed E-state index contributed by atoms with van der Waals surface area (Å²) >= 11 is 0.904. The number of aromatic nitrogens is 2. The molecule has 2 N–H and O–H groups in total. The number of aromatic amines is 1. The average molecular weight is 285 g/mol. The second-order valence-corrected chi connectivity index (χ2v) is 5.29. The first-order valence-corrected chi connectivity index (χ1v) is 6.81. The van der Waals surface area contributed by atoms with Gasteiger partial charge < -0.3 is 10.3 Å². The molecule has 3 rings (SSSR count). The van der Waals surface area contributed by atoms with E-state index >= 15 is 0 Å². The number of nitrogens with zero attached hydrogens (tertiary/aromatic N) is 1. The molecule has 0 bridgehead atoms. The van der Waals surface area contributed by atoms with E-state index in [1.54, 1.807) is 19.2 Å². The minimum Gasteiger partial charge on any atom is -0.319 e. The van der Waals surface area contributed by atoms with E-state index in [0.29, 0.717) is 16.3 Å². The highest BCUT2D eigenvalue weighted by atomic mass is 32.1. The van der Waals surface area contributed by atoms with Crippen LogP contribution in [0.5, 0.6) is 0 Å². The number of rotatable bonds is 2. The molecule has 0 aliphatic heterocycles. The predicted octanol–water partition coefficient (Wildman–Crippen LogP) is 2.55. The number of hydrogen-bond acceptors (Lipinski definition) is 4. The third-order valence-electron chi connectivity index (χ3n) is 2.91. The molecule has 0 aliphatic rings. The van der Waals surface area contributed by atoms with Gasteiger partial charge >= 0.3 is 4.87 Å². The van der Waals surface area contributed by atoms with Crippen LogP contribution in [0.3, 0.4) is 0 Å². The first-order valence-electron chi connectivity index (χ1n) is 6.00. The number of carbonyl (C=O) groups excluding carboxylic acids is 1. The Kier molecular flexibility index (Phi) is 3.08. The zero-order valence-electron chi connectivity index (χ0n) is 10.6. The van der Waals surface area contributed by atoms with Gasteiger partial charge in [-0.3, -0.25) is 14.6 Å². The fourth-order valence-electron chi connectivity index (χ4n) is 2.01. The molecule has 6 heteroatoms. The number of para-hydroxylation sites is 1. The summed E-state index contributed by atoms with van der Waals surface area (Å²) in [6.45, 7) is 1.70. The number of nitrogens with one attached hydrogen (secondary N) is 2. The van der Waals surface area contributed by atoms with E-state index in [4.69, 9.17) is 0 Å². The molecule has 1 aromatic carbocycles. The van der Waals surface area contributed by atoms with Gasteiger partial charge in [0.05, 0.1) is 11.2 Å². The maximum absolute atomic E-state index is 12.2. The van der Waals surface area contributed by atoms with Crippen LogP contribution in [0.15, 0.2) is 41.3 Å². The van der Waals surface area contributed by atoms with Gasteiger partial charge in [0.1, 0.15) is 4.88 Å². The second kappa shape index (κ2) is 4.90. The van der Waals surface area contributed by atoms with E-state index < -0.39 is 0 Å². The molecule has 0 spiro atoms. The van der Waals surface area contributed by atoms with Crippen LogP contribution in [-0.4, -0.2) is 15.9 Å². The lowest BCUT2D eigenvalue weighted by molar-refractivity contribution is 0.103. The third-order valence-corrected chi connectivity index (χ3v) is 3.90. The van der Waals surface area contributed by atoms with E-state index in [-0.39, 0.29) is 10.8 Å². The van der Waals surface area contributed by atoms with Crippen LogP contribution in [0.2, 0.25) is 0 Å². The van der Waals surface area contributed by atoms with Gasteiger partial charge in [0.25, 0.3) is 5.91 Å². The predicted molar refractivity (Wildman–Crippen MR) is 79.4 cm³/mol. The minimum atomic E-state index is -0.302. The molecule has 100 valence electrons. The molecule has 1 amide bonds. The van der Waals surface area contributed by atoms with E-state index in [0.717, 1.165) is 22.2 Å². The van der Waals surface area contributed by atoms with Gasteiger partial charge in [-0.2, -0.15) is 0 Å². The summed E-state index contributed by atoms with van der Waals surface area (Å²) < 4.78 is 0. The highest BCUT2D eigenvalue weighted by Gasteiger charge is 2.14. The SMILES string of the molecule is Cc1[nH]c(=O)sc1C(=O)Nc1cccc2cccnc12. The topological polar surface area (TPSA) is 74.8 Å². The number of H-pyrrole nitrogens is 1. The van der Waals surface area contributed by atoms with E-state index in [9.17, 15) is 9.59 Å². The normalized spacial score (nSPS) is 10.7. The van der Waals surface area contributed by atoms with Crippen molar-refractivity contribution in [3.63, 3.8) is 0 Å². The Bertz CT molecular complexity index is 845. The molecule has 2 aromatic heterocycles. The van der Waals surface area contributed by atoms with Crippen LogP contribution >= 0.6 is 11.3 Å². The molecule has 0 fully saturated rings. The zero-order chi connectivity index (χ0) is 14.1. The van der Waals surface area contributed by atoms with Gasteiger partial charge in [-0.05, 0) is 19.1 Å². The van der Waals surface area contributed by atoms with Crippen LogP contribution in [0.4, 0.5) is 5.69 Å². The van der Waals surface area contributed by atoms with Crippen molar-refractivity contribution in [3.05, 3.63) is 56.8 Å². The number of amides is 1. The molecule has 3 aromatic rings.